The van der Waals surface area contributed by atoms with Crippen LogP contribution in [0.1, 0.15) is 55.8 Å². The van der Waals surface area contributed by atoms with E-state index in [0.717, 1.165) is 0 Å². The summed E-state index contributed by atoms with van der Waals surface area (Å²) in [6, 6.07) is 19.9. The Morgan fingerprint density at radius 1 is 0.826 bits per heavy atom. The van der Waals surface area contributed by atoms with Crippen molar-refractivity contribution in [3.05, 3.63) is 135 Å². The predicted molar refractivity (Wildman–Crippen MR) is 252 cm³/mol. The van der Waals surface area contributed by atoms with Crippen LogP contribution in [0.3, 0.4) is 0 Å². The molecule has 5 aromatic rings. The van der Waals surface area contributed by atoms with E-state index in [4.69, 9.17) is 30.8 Å². The van der Waals surface area contributed by atoms with Crippen LogP contribution in [0.2, 0.25) is 5.02 Å². The smallest absolute Gasteiger partial charge is 0.255 e. The Bertz CT molecular complexity index is 2760. The lowest BCUT2D eigenvalue weighted by Gasteiger charge is -2.29. The van der Waals surface area contributed by atoms with Gasteiger partial charge in [-0.25, -0.2) is 18.7 Å². The number of ether oxygens (including phenoxy) is 3. The minimum Gasteiger partial charge on any atom is -0.378 e. The molecule has 5 N–H and O–H groups in total. The second kappa shape index (κ2) is 23.0. The van der Waals surface area contributed by atoms with E-state index in [0.29, 0.717) is 94.9 Å². The molecule has 0 bridgehead atoms. The number of carbonyl (C=O) groups excluding carboxylic acids is 5. The lowest BCUT2D eigenvalue weighted by atomic mass is 9.95. The van der Waals surface area contributed by atoms with E-state index in [1.165, 1.54) is 23.1 Å². The van der Waals surface area contributed by atoms with Crippen LogP contribution in [-0.2, 0) is 41.7 Å². The molecule has 69 heavy (non-hydrogen) atoms. The van der Waals surface area contributed by atoms with Gasteiger partial charge in [-0.2, -0.15) is 0 Å². The molecule has 1 saturated heterocycles. The summed E-state index contributed by atoms with van der Waals surface area (Å²) < 4.78 is 46.4. The van der Waals surface area contributed by atoms with Gasteiger partial charge in [0.15, 0.2) is 5.78 Å². The van der Waals surface area contributed by atoms with Crippen LogP contribution in [0.5, 0.6) is 0 Å². The van der Waals surface area contributed by atoms with Gasteiger partial charge in [-0.15, -0.1) is 0 Å². The molecule has 1 unspecified atom stereocenters. The van der Waals surface area contributed by atoms with Crippen molar-refractivity contribution in [3.63, 3.8) is 0 Å². The first-order chi connectivity index (χ1) is 33.5. The van der Waals surface area contributed by atoms with Gasteiger partial charge in [0.05, 0.1) is 63.1 Å². The third-order valence-electron chi connectivity index (χ3n) is 11.4. The van der Waals surface area contributed by atoms with Gasteiger partial charge in [-0.05, 0) is 67.1 Å². The molecule has 0 aliphatic carbocycles. The van der Waals surface area contributed by atoms with Gasteiger partial charge in [0.2, 0.25) is 23.7 Å². The molecule has 1 fully saturated rings. The molecule has 4 heterocycles. The number of amides is 4. The molecular weight excluding hydrogens is 916 g/mol. The Labute approximate surface area is 400 Å². The number of fused-ring (bicyclic) bond motifs is 4. The van der Waals surface area contributed by atoms with E-state index >= 15 is 0 Å². The van der Waals surface area contributed by atoms with Crippen LogP contribution in [-0.4, -0.2) is 122 Å². The molecule has 3 aliphatic heterocycles. The van der Waals surface area contributed by atoms with E-state index < -0.39 is 29.5 Å². The van der Waals surface area contributed by atoms with Gasteiger partial charge in [-0.1, -0.05) is 29.8 Å². The summed E-state index contributed by atoms with van der Waals surface area (Å²) in [5, 5.41) is 15.0. The average molecular weight is 964 g/mol. The number of imide groups is 1. The first-order valence-corrected chi connectivity index (χ1v) is 22.7. The lowest BCUT2D eigenvalue weighted by molar-refractivity contribution is -0.137. The van der Waals surface area contributed by atoms with Crippen LogP contribution in [0, 0.1) is 11.6 Å². The van der Waals surface area contributed by atoms with Crippen molar-refractivity contribution < 1.29 is 47.0 Å². The minimum atomic E-state index is -0.749. The van der Waals surface area contributed by atoms with Crippen LogP contribution < -0.4 is 26.6 Å². The molecule has 1 aromatic heterocycles. The zero-order chi connectivity index (χ0) is 48.3. The Hall–Kier alpha value is -6.87. The molecular formula is C49H48ClF2N9O8. The number of aromatic nitrogens is 2. The normalized spacial score (nSPS) is 15.2. The second-order valence-electron chi connectivity index (χ2n) is 16.1. The van der Waals surface area contributed by atoms with E-state index in [1.54, 1.807) is 66.9 Å². The Morgan fingerprint density at radius 2 is 1.57 bits per heavy atom. The van der Waals surface area contributed by atoms with E-state index in [-0.39, 0.29) is 87.1 Å². The Balaban J connectivity index is 0.666. The monoisotopic (exact) mass is 963 g/mol. The third kappa shape index (κ3) is 12.1. The van der Waals surface area contributed by atoms with Crippen LogP contribution in [0.25, 0.3) is 11.3 Å². The fourth-order valence-electron chi connectivity index (χ4n) is 8.03. The molecule has 3 aliphatic rings. The summed E-state index contributed by atoms with van der Waals surface area (Å²) in [4.78, 5) is 77.6. The number of nitrogens with zero attached hydrogens (tertiary/aromatic N) is 4. The highest BCUT2D eigenvalue weighted by atomic mass is 35.5. The molecule has 0 spiro atoms. The lowest BCUT2D eigenvalue weighted by Crippen LogP contribution is -2.52. The molecule has 4 amide bonds. The number of hydrogen-bond acceptors (Lipinski definition) is 14. The molecule has 8 rings (SSSR count). The number of benzene rings is 4. The maximum absolute atomic E-state index is 14.9. The Kier molecular flexibility index (Phi) is 16.2. The van der Waals surface area contributed by atoms with Crippen molar-refractivity contribution in [1.82, 2.24) is 30.8 Å². The van der Waals surface area contributed by atoms with Gasteiger partial charge in [0, 0.05) is 88.6 Å². The summed E-state index contributed by atoms with van der Waals surface area (Å²) >= 11 is 6.34. The summed E-state index contributed by atoms with van der Waals surface area (Å²) in [6.45, 7) is 3.59. The average Bonchev–Trinajstić information content (AvgIpc) is 3.59. The number of piperidine rings is 1. The van der Waals surface area contributed by atoms with Crippen molar-refractivity contribution in [1.29, 1.82) is 0 Å². The minimum absolute atomic E-state index is 0.0763. The number of rotatable bonds is 22. The zero-order valence-electron chi connectivity index (χ0n) is 37.2. The molecule has 1 atom stereocenters. The van der Waals surface area contributed by atoms with Gasteiger partial charge < -0.3 is 40.4 Å². The van der Waals surface area contributed by atoms with Crippen molar-refractivity contribution in [2.24, 2.45) is 4.99 Å². The van der Waals surface area contributed by atoms with Gasteiger partial charge >= 0.3 is 0 Å². The number of Topliss-reactive ketones (excluding diaryl/α,β-unsaturated/α-hetero) is 1. The molecule has 0 radical (unpaired) electrons. The predicted octanol–water partition coefficient (Wildman–Crippen LogP) is 4.98. The molecule has 20 heteroatoms. The number of halogens is 3. The van der Waals surface area contributed by atoms with E-state index in [1.807, 2.05) is 0 Å². The highest BCUT2D eigenvalue weighted by Gasteiger charge is 2.40. The fourth-order valence-corrected chi connectivity index (χ4v) is 8.21. The quantitative estimate of drug-likeness (QED) is 0.0352. The highest BCUT2D eigenvalue weighted by Crippen LogP contribution is 2.35. The summed E-state index contributed by atoms with van der Waals surface area (Å²) in [5.41, 5.74) is 4.79. The zero-order valence-corrected chi connectivity index (χ0v) is 38.0. The topological polar surface area (TPSA) is 215 Å². The molecule has 4 aromatic carbocycles. The fraction of sp³-hybridized carbons (Fsp3) is 0.306. The summed E-state index contributed by atoms with van der Waals surface area (Å²) in [6.07, 6.45) is 2.02. The Morgan fingerprint density at radius 3 is 2.35 bits per heavy atom. The standard InChI is InChI=1S/C49H48ClF2N9O8/c50-31-9-12-33-35(23-31)46(44-37(51)4-2-5-38(44)52)55-24-30-25-56-49(60-45(30)33)57-32-10-7-29(8-11-32)41(62)26-54-16-15-53-17-18-67-19-20-68-21-22-69-28-43(64)58-39-6-1-3-34-36(39)27-61(48(34)66)40-13-14-42(63)59-47(40)65/h1-12,23,25,40,53-54H,13-22,24,26-28H2,(H,58,64)(H,56,57,60)(H,59,63,65). The van der Waals surface area contributed by atoms with Crippen molar-refractivity contribution >= 4 is 64.0 Å². The van der Waals surface area contributed by atoms with E-state index in [9.17, 15) is 32.8 Å². The molecule has 0 saturated carbocycles. The van der Waals surface area contributed by atoms with Gasteiger partial charge in [-0.3, -0.25) is 34.3 Å². The number of hydrogen-bond donors (Lipinski definition) is 5. The molecule has 17 nitrogen and oxygen atoms in total. The first kappa shape index (κ1) is 48.6. The number of ketones is 1. The largest absolute Gasteiger partial charge is 0.378 e. The molecule has 358 valence electrons. The maximum atomic E-state index is 14.9. The number of carbonyl (C=O) groups is 5. The van der Waals surface area contributed by atoms with Crippen molar-refractivity contribution in [2.45, 2.75) is 32.0 Å². The number of aliphatic imine (C=N–C) groups is 1. The van der Waals surface area contributed by atoms with E-state index in [2.05, 4.69) is 36.6 Å². The van der Waals surface area contributed by atoms with Gasteiger partial charge in [0.1, 0.15) is 24.3 Å². The van der Waals surface area contributed by atoms with Gasteiger partial charge in [0.25, 0.3) is 5.91 Å². The maximum Gasteiger partial charge on any atom is 0.255 e. The number of anilines is 3. The first-order valence-electron chi connectivity index (χ1n) is 22.3. The SMILES string of the molecule is O=C1CCC(N2Cc3c(NC(=O)COCCOCCOCCNCCNCC(=O)c4ccc(Nc5ncc6c(n5)-c5ccc(Cl)cc5C(c5c(F)cccc5F)=NC6)cc4)cccc3C2=O)C(=O)N1. The second-order valence-corrected chi connectivity index (χ2v) is 16.6. The van der Waals surface area contributed by atoms with Crippen LogP contribution >= 0.6 is 11.6 Å². The van der Waals surface area contributed by atoms with Crippen molar-refractivity contribution in [3.8, 4) is 11.3 Å². The highest BCUT2D eigenvalue weighted by molar-refractivity contribution is 6.31. The van der Waals surface area contributed by atoms with Crippen LogP contribution in [0.15, 0.2) is 90.1 Å². The van der Waals surface area contributed by atoms with Crippen LogP contribution in [0.4, 0.5) is 26.1 Å². The summed E-state index contributed by atoms with van der Waals surface area (Å²) in [7, 11) is 0. The summed E-state index contributed by atoms with van der Waals surface area (Å²) in [5.74, 6) is -2.86. The van der Waals surface area contributed by atoms with Crippen molar-refractivity contribution in [2.75, 3.05) is 76.5 Å². The number of nitrogens with one attached hydrogen (secondary N) is 5. The third-order valence-corrected chi connectivity index (χ3v) is 11.7.